The Balaban J connectivity index is 2.64. The van der Waals surface area contributed by atoms with E-state index in [-0.39, 0.29) is 24.0 Å². The summed E-state index contributed by atoms with van der Waals surface area (Å²) in [5.74, 6) is -0.442. The number of likely N-dealkylation sites (tertiary alicyclic amines) is 1. The molecule has 0 spiro atoms. The third kappa shape index (κ3) is 3.35. The van der Waals surface area contributed by atoms with E-state index in [0.717, 1.165) is 12.8 Å². The topological polar surface area (TPSA) is 55.8 Å². The zero-order chi connectivity index (χ0) is 12.8. The van der Waals surface area contributed by atoms with Gasteiger partial charge in [-0.15, -0.1) is 0 Å². The first-order valence-corrected chi connectivity index (χ1v) is 6.21. The van der Waals surface area contributed by atoms with E-state index in [1.54, 1.807) is 18.7 Å². The number of esters is 1. The molecule has 0 aromatic heterocycles. The molecule has 0 aliphatic carbocycles. The van der Waals surface area contributed by atoms with Crippen molar-refractivity contribution < 1.29 is 19.1 Å². The minimum absolute atomic E-state index is 0.151. The molecule has 0 saturated carbocycles. The molecular weight excluding hydrogens is 222 g/mol. The van der Waals surface area contributed by atoms with Crippen LogP contribution in [0.15, 0.2) is 0 Å². The third-order valence-electron chi connectivity index (χ3n) is 3.08. The van der Waals surface area contributed by atoms with Crippen LogP contribution in [0, 0.1) is 5.92 Å². The summed E-state index contributed by atoms with van der Waals surface area (Å²) in [5, 5.41) is 0. The first-order chi connectivity index (χ1) is 8.11. The maximum atomic E-state index is 11.7. The summed E-state index contributed by atoms with van der Waals surface area (Å²) in [6.07, 6.45) is 1.25. The van der Waals surface area contributed by atoms with E-state index in [4.69, 9.17) is 9.47 Å². The van der Waals surface area contributed by atoms with Crippen molar-refractivity contribution >= 4 is 12.1 Å². The standard InChI is InChI=1S/C12H21NO4/c1-4-16-11(14)10-7-6-8-13(9(10)3)12(15)17-5-2/h9-10H,4-8H2,1-3H3. The van der Waals surface area contributed by atoms with Crippen LogP contribution in [0.1, 0.15) is 33.6 Å². The van der Waals surface area contributed by atoms with Crippen LogP contribution in [0.25, 0.3) is 0 Å². The first-order valence-electron chi connectivity index (χ1n) is 6.21. The molecule has 1 amide bonds. The molecule has 0 aromatic carbocycles. The Kier molecular flexibility index (Phi) is 5.25. The van der Waals surface area contributed by atoms with Gasteiger partial charge in [0.2, 0.25) is 0 Å². The molecule has 1 heterocycles. The van der Waals surface area contributed by atoms with Crippen LogP contribution in [0.2, 0.25) is 0 Å². The molecular formula is C12H21NO4. The van der Waals surface area contributed by atoms with Crippen molar-refractivity contribution in [2.24, 2.45) is 5.92 Å². The second-order valence-corrected chi connectivity index (χ2v) is 4.13. The van der Waals surface area contributed by atoms with Gasteiger partial charge in [-0.2, -0.15) is 0 Å². The van der Waals surface area contributed by atoms with Gasteiger partial charge >= 0.3 is 12.1 Å². The Morgan fingerprint density at radius 1 is 1.24 bits per heavy atom. The molecule has 17 heavy (non-hydrogen) atoms. The van der Waals surface area contributed by atoms with Gasteiger partial charge in [-0.3, -0.25) is 4.79 Å². The van der Waals surface area contributed by atoms with E-state index in [9.17, 15) is 9.59 Å². The van der Waals surface area contributed by atoms with Crippen LogP contribution in [-0.4, -0.2) is 42.8 Å². The van der Waals surface area contributed by atoms with Crippen LogP contribution < -0.4 is 0 Å². The molecule has 1 aliphatic heterocycles. The summed E-state index contributed by atoms with van der Waals surface area (Å²) in [6, 6.07) is -0.151. The summed E-state index contributed by atoms with van der Waals surface area (Å²) in [5.41, 5.74) is 0. The second-order valence-electron chi connectivity index (χ2n) is 4.13. The Morgan fingerprint density at radius 3 is 2.47 bits per heavy atom. The van der Waals surface area contributed by atoms with Crippen molar-refractivity contribution in [2.45, 2.75) is 39.7 Å². The third-order valence-corrected chi connectivity index (χ3v) is 3.08. The Labute approximate surface area is 102 Å². The molecule has 1 rings (SSSR count). The summed E-state index contributed by atoms with van der Waals surface area (Å²) >= 11 is 0. The maximum Gasteiger partial charge on any atom is 0.410 e. The zero-order valence-corrected chi connectivity index (χ0v) is 10.8. The number of rotatable bonds is 3. The molecule has 0 radical (unpaired) electrons. The highest BCUT2D eigenvalue weighted by Crippen LogP contribution is 2.25. The Bertz CT molecular complexity index is 254. The highest BCUT2D eigenvalue weighted by molar-refractivity contribution is 5.75. The number of nitrogens with zero attached hydrogens (tertiary/aromatic N) is 1. The van der Waals surface area contributed by atoms with Crippen LogP contribution in [0.3, 0.4) is 0 Å². The largest absolute Gasteiger partial charge is 0.466 e. The summed E-state index contributed by atoms with van der Waals surface area (Å²) in [4.78, 5) is 25.0. The van der Waals surface area contributed by atoms with Crippen LogP contribution in [-0.2, 0) is 14.3 Å². The van der Waals surface area contributed by atoms with Gasteiger partial charge in [-0.25, -0.2) is 4.79 Å². The molecule has 5 heteroatoms. The maximum absolute atomic E-state index is 11.7. The summed E-state index contributed by atoms with van der Waals surface area (Å²) < 4.78 is 10.00. The lowest BCUT2D eigenvalue weighted by Gasteiger charge is -2.37. The number of hydrogen-bond acceptors (Lipinski definition) is 4. The Morgan fingerprint density at radius 2 is 1.88 bits per heavy atom. The average Bonchev–Trinajstić information content (AvgIpc) is 2.29. The molecule has 0 N–H and O–H groups in total. The van der Waals surface area contributed by atoms with Gasteiger partial charge in [0.05, 0.1) is 19.1 Å². The number of hydrogen-bond donors (Lipinski definition) is 0. The predicted molar refractivity (Wildman–Crippen MR) is 62.5 cm³/mol. The summed E-state index contributed by atoms with van der Waals surface area (Å²) in [6.45, 7) is 6.81. The molecule has 1 aliphatic rings. The van der Waals surface area contributed by atoms with Crippen molar-refractivity contribution in [3.63, 3.8) is 0 Å². The molecule has 1 saturated heterocycles. The number of carbonyl (C=O) groups excluding carboxylic acids is 2. The van der Waals surface area contributed by atoms with Crippen molar-refractivity contribution in [2.75, 3.05) is 19.8 Å². The quantitative estimate of drug-likeness (QED) is 0.709. The van der Waals surface area contributed by atoms with Gasteiger partial charge in [-0.05, 0) is 33.6 Å². The molecule has 98 valence electrons. The monoisotopic (exact) mass is 243 g/mol. The van der Waals surface area contributed by atoms with Gasteiger partial charge in [0, 0.05) is 12.6 Å². The fraction of sp³-hybridized carbons (Fsp3) is 0.833. The fourth-order valence-corrected chi connectivity index (χ4v) is 2.17. The normalized spacial score (nSPS) is 24.3. The average molecular weight is 243 g/mol. The Hall–Kier alpha value is -1.26. The molecule has 5 nitrogen and oxygen atoms in total. The number of carbonyl (C=O) groups is 2. The van der Waals surface area contributed by atoms with Crippen molar-refractivity contribution in [1.29, 1.82) is 0 Å². The first kappa shape index (κ1) is 13.8. The van der Waals surface area contributed by atoms with Crippen molar-refractivity contribution in [1.82, 2.24) is 4.90 Å². The van der Waals surface area contributed by atoms with Gasteiger partial charge < -0.3 is 14.4 Å². The number of piperidine rings is 1. The SMILES string of the molecule is CCOC(=O)C1CCCN(C(=O)OCC)C1C. The predicted octanol–water partition coefficient (Wildman–Crippen LogP) is 1.81. The fourth-order valence-electron chi connectivity index (χ4n) is 2.17. The lowest BCUT2D eigenvalue weighted by atomic mass is 9.90. The van der Waals surface area contributed by atoms with Crippen LogP contribution in [0.4, 0.5) is 4.79 Å². The van der Waals surface area contributed by atoms with E-state index < -0.39 is 0 Å². The van der Waals surface area contributed by atoms with Gasteiger partial charge in [-0.1, -0.05) is 0 Å². The molecule has 0 bridgehead atoms. The minimum atomic E-state index is -0.339. The van der Waals surface area contributed by atoms with E-state index in [1.165, 1.54) is 0 Å². The number of amides is 1. The molecule has 0 aromatic rings. The molecule has 1 fully saturated rings. The van der Waals surface area contributed by atoms with Gasteiger partial charge in [0.1, 0.15) is 0 Å². The van der Waals surface area contributed by atoms with E-state index >= 15 is 0 Å². The van der Waals surface area contributed by atoms with Crippen LogP contribution in [0.5, 0.6) is 0 Å². The minimum Gasteiger partial charge on any atom is -0.466 e. The molecule has 2 unspecified atom stereocenters. The van der Waals surface area contributed by atoms with E-state index in [0.29, 0.717) is 19.8 Å². The molecule has 2 atom stereocenters. The van der Waals surface area contributed by atoms with Gasteiger partial charge in [0.25, 0.3) is 0 Å². The van der Waals surface area contributed by atoms with Crippen molar-refractivity contribution in [3.05, 3.63) is 0 Å². The van der Waals surface area contributed by atoms with Gasteiger partial charge in [0.15, 0.2) is 0 Å². The van der Waals surface area contributed by atoms with E-state index in [2.05, 4.69) is 0 Å². The number of ether oxygens (including phenoxy) is 2. The van der Waals surface area contributed by atoms with Crippen LogP contribution >= 0.6 is 0 Å². The van der Waals surface area contributed by atoms with E-state index in [1.807, 2.05) is 6.92 Å². The van der Waals surface area contributed by atoms with Crippen molar-refractivity contribution in [3.8, 4) is 0 Å². The highest BCUT2D eigenvalue weighted by Gasteiger charge is 2.36. The lowest BCUT2D eigenvalue weighted by Crippen LogP contribution is -2.49. The lowest BCUT2D eigenvalue weighted by molar-refractivity contribution is -0.151. The summed E-state index contributed by atoms with van der Waals surface area (Å²) in [7, 11) is 0. The highest BCUT2D eigenvalue weighted by atomic mass is 16.6. The second kappa shape index (κ2) is 6.47. The smallest absolute Gasteiger partial charge is 0.410 e. The zero-order valence-electron chi connectivity index (χ0n) is 10.8.